The number of aryl methyl sites for hydroxylation is 1. The molecule has 39 heavy (non-hydrogen) atoms. The zero-order valence-corrected chi connectivity index (χ0v) is 22.6. The fourth-order valence-electron chi connectivity index (χ4n) is 5.45. The molecule has 0 spiro atoms. The van der Waals surface area contributed by atoms with Crippen molar-refractivity contribution in [3.63, 3.8) is 0 Å². The second-order valence-corrected chi connectivity index (χ2v) is 10.5. The Kier molecular flexibility index (Phi) is 8.49. The largest absolute Gasteiger partial charge is 0.490 e. The molecule has 5 rings (SSSR count). The highest BCUT2D eigenvalue weighted by Gasteiger charge is 2.32. The number of aromatic nitrogens is 1. The van der Waals surface area contributed by atoms with E-state index in [9.17, 15) is 9.59 Å². The van der Waals surface area contributed by atoms with Crippen LogP contribution in [0.5, 0.6) is 5.75 Å². The minimum absolute atomic E-state index is 0.0375. The lowest BCUT2D eigenvalue weighted by atomic mass is 10.1. The van der Waals surface area contributed by atoms with Crippen molar-refractivity contribution in [2.45, 2.75) is 77.2 Å². The Morgan fingerprint density at radius 1 is 0.949 bits per heavy atom. The van der Waals surface area contributed by atoms with Gasteiger partial charge in [-0.05, 0) is 68.9 Å². The van der Waals surface area contributed by atoms with E-state index in [1.54, 1.807) is 11.9 Å². The monoisotopic (exact) mass is 532 g/mol. The van der Waals surface area contributed by atoms with E-state index < -0.39 is 0 Å². The number of rotatable bonds is 9. The molecule has 2 aliphatic rings. The maximum atomic E-state index is 12.6. The van der Waals surface area contributed by atoms with E-state index in [2.05, 4.69) is 5.16 Å². The number of ether oxygens (including phenoxy) is 3. The van der Waals surface area contributed by atoms with Crippen molar-refractivity contribution in [1.29, 1.82) is 0 Å². The number of amides is 1. The Morgan fingerprint density at radius 3 is 2.44 bits per heavy atom. The van der Waals surface area contributed by atoms with E-state index in [0.717, 1.165) is 61.0 Å². The molecule has 0 saturated heterocycles. The van der Waals surface area contributed by atoms with Crippen molar-refractivity contribution in [2.24, 2.45) is 5.92 Å². The van der Waals surface area contributed by atoms with Crippen LogP contribution in [0.15, 0.2) is 59.1 Å². The first-order valence-corrected chi connectivity index (χ1v) is 13.8. The minimum Gasteiger partial charge on any atom is -0.490 e. The first kappa shape index (κ1) is 26.8. The Bertz CT molecular complexity index is 1250. The van der Waals surface area contributed by atoms with Gasteiger partial charge in [-0.15, -0.1) is 0 Å². The zero-order chi connectivity index (χ0) is 27.2. The van der Waals surface area contributed by atoms with Gasteiger partial charge in [0, 0.05) is 18.7 Å². The molecular formula is C31H36N2O6. The fourth-order valence-corrected chi connectivity index (χ4v) is 5.45. The predicted molar refractivity (Wildman–Crippen MR) is 145 cm³/mol. The third-order valence-electron chi connectivity index (χ3n) is 7.85. The van der Waals surface area contributed by atoms with Gasteiger partial charge in [0.15, 0.2) is 5.76 Å². The normalized spacial score (nSPS) is 19.1. The van der Waals surface area contributed by atoms with Crippen molar-refractivity contribution in [3.8, 4) is 17.1 Å². The van der Waals surface area contributed by atoms with Crippen LogP contribution in [0.3, 0.4) is 0 Å². The highest BCUT2D eigenvalue weighted by molar-refractivity contribution is 5.73. The summed E-state index contributed by atoms with van der Waals surface area (Å²) in [6.45, 7) is 2.24. The maximum Gasteiger partial charge on any atom is 0.410 e. The van der Waals surface area contributed by atoms with Crippen LogP contribution in [0.4, 0.5) is 4.79 Å². The molecule has 8 heteroatoms. The molecule has 0 N–H and O–H groups in total. The molecule has 3 aromatic rings. The predicted octanol–water partition coefficient (Wildman–Crippen LogP) is 6.45. The Labute approximate surface area is 229 Å². The van der Waals surface area contributed by atoms with Crippen LogP contribution < -0.4 is 4.74 Å². The second-order valence-electron chi connectivity index (χ2n) is 10.5. The number of carbonyl (C=O) groups is 2. The summed E-state index contributed by atoms with van der Waals surface area (Å²) < 4.78 is 22.9. The number of hydrogen-bond donors (Lipinski definition) is 0. The molecule has 206 valence electrons. The van der Waals surface area contributed by atoms with Crippen molar-refractivity contribution >= 4 is 12.1 Å². The summed E-state index contributed by atoms with van der Waals surface area (Å²) in [5.41, 5.74) is 3.26. The first-order chi connectivity index (χ1) is 19.0. The number of nitrogens with zero attached hydrogens (tertiary/aromatic N) is 2. The summed E-state index contributed by atoms with van der Waals surface area (Å²) >= 11 is 0. The summed E-state index contributed by atoms with van der Waals surface area (Å²) in [6.07, 6.45) is 6.19. The van der Waals surface area contributed by atoms with E-state index in [1.165, 1.54) is 0 Å². The summed E-state index contributed by atoms with van der Waals surface area (Å²) in [4.78, 5) is 26.8. The van der Waals surface area contributed by atoms with Crippen molar-refractivity contribution in [1.82, 2.24) is 10.1 Å². The SMILES string of the molecule is Cc1noc(-c2ccc(O[C@H]3CC[C@H](C(=O)OCc4ccccc4)C3)cc2)c1COC(=O)N(C)C1CCCC1. The third-order valence-corrected chi connectivity index (χ3v) is 7.85. The van der Waals surface area contributed by atoms with Crippen molar-refractivity contribution < 1.29 is 28.3 Å². The quantitative estimate of drug-likeness (QED) is 0.292. The first-order valence-electron chi connectivity index (χ1n) is 13.8. The molecule has 2 saturated carbocycles. The molecule has 1 heterocycles. The summed E-state index contributed by atoms with van der Waals surface area (Å²) in [5, 5.41) is 4.10. The van der Waals surface area contributed by atoms with E-state index in [0.29, 0.717) is 24.5 Å². The van der Waals surface area contributed by atoms with Crippen molar-refractivity contribution in [2.75, 3.05) is 7.05 Å². The molecule has 2 aliphatic carbocycles. The molecule has 0 bridgehead atoms. The lowest BCUT2D eigenvalue weighted by Crippen LogP contribution is -2.35. The van der Waals surface area contributed by atoms with Crippen molar-refractivity contribution in [3.05, 3.63) is 71.4 Å². The van der Waals surface area contributed by atoms with Gasteiger partial charge in [-0.25, -0.2) is 4.79 Å². The van der Waals surface area contributed by atoms with Gasteiger partial charge >= 0.3 is 12.1 Å². The number of benzene rings is 2. The Morgan fingerprint density at radius 2 is 1.69 bits per heavy atom. The lowest BCUT2D eigenvalue weighted by molar-refractivity contribution is -0.149. The van der Waals surface area contributed by atoms with Gasteiger partial charge in [0.25, 0.3) is 0 Å². The molecule has 8 nitrogen and oxygen atoms in total. The lowest BCUT2D eigenvalue weighted by Gasteiger charge is -2.23. The fraction of sp³-hybridized carbons (Fsp3) is 0.452. The molecular weight excluding hydrogens is 496 g/mol. The average Bonchev–Trinajstić information content (AvgIpc) is 3.73. The Balaban J connectivity index is 1.13. The topological polar surface area (TPSA) is 91.1 Å². The minimum atomic E-state index is -0.323. The second kappa shape index (κ2) is 12.4. The molecule has 2 atom stereocenters. The zero-order valence-electron chi connectivity index (χ0n) is 22.6. The standard InChI is InChI=1S/C31H36N2O6/c1-21-28(20-37-31(35)33(2)25-10-6-7-11-25)29(39-32-21)23-12-15-26(16-13-23)38-27-17-14-24(18-27)30(34)36-19-22-8-4-3-5-9-22/h3-5,8-9,12-13,15-16,24-25,27H,6-7,10-11,14,17-20H2,1-2H3/t24-,27-/m0/s1. The molecule has 2 aromatic carbocycles. The average molecular weight is 533 g/mol. The van der Waals surface area contributed by atoms with Gasteiger partial charge in [-0.3, -0.25) is 4.79 Å². The van der Waals surface area contributed by atoms with Gasteiger partial charge < -0.3 is 23.6 Å². The highest BCUT2D eigenvalue weighted by atomic mass is 16.6. The van der Waals surface area contributed by atoms with Crippen LogP contribution in [-0.4, -0.2) is 41.3 Å². The Hall–Kier alpha value is -3.81. The van der Waals surface area contributed by atoms with Crippen LogP contribution >= 0.6 is 0 Å². The maximum absolute atomic E-state index is 12.6. The molecule has 0 aliphatic heterocycles. The van der Waals surface area contributed by atoms with Crippen LogP contribution in [0.25, 0.3) is 11.3 Å². The van der Waals surface area contributed by atoms with Crippen LogP contribution in [0.2, 0.25) is 0 Å². The molecule has 1 aromatic heterocycles. The van der Waals surface area contributed by atoms with E-state index in [-0.39, 0.29) is 36.7 Å². The summed E-state index contributed by atoms with van der Waals surface area (Å²) in [7, 11) is 1.80. The van der Waals surface area contributed by atoms with E-state index in [1.807, 2.05) is 61.5 Å². The smallest absolute Gasteiger partial charge is 0.410 e. The van der Waals surface area contributed by atoms with Gasteiger partial charge in [-0.1, -0.05) is 48.3 Å². The van der Waals surface area contributed by atoms with Gasteiger partial charge in [-0.2, -0.15) is 0 Å². The van der Waals surface area contributed by atoms with E-state index in [4.69, 9.17) is 18.7 Å². The number of carbonyl (C=O) groups excluding carboxylic acids is 2. The summed E-state index contributed by atoms with van der Waals surface area (Å²) in [6, 6.07) is 17.5. The van der Waals surface area contributed by atoms with Gasteiger partial charge in [0.2, 0.25) is 0 Å². The number of hydrogen-bond acceptors (Lipinski definition) is 7. The highest BCUT2D eigenvalue weighted by Crippen LogP contribution is 2.33. The molecule has 2 fully saturated rings. The van der Waals surface area contributed by atoms with Crippen LogP contribution in [-0.2, 0) is 27.5 Å². The number of esters is 1. The molecule has 0 radical (unpaired) electrons. The summed E-state index contributed by atoms with van der Waals surface area (Å²) in [5.74, 6) is 0.999. The van der Waals surface area contributed by atoms with Crippen LogP contribution in [0.1, 0.15) is 61.8 Å². The molecule has 0 unspecified atom stereocenters. The van der Waals surface area contributed by atoms with E-state index >= 15 is 0 Å². The molecule has 1 amide bonds. The van der Waals surface area contributed by atoms with Crippen LogP contribution in [0, 0.1) is 12.8 Å². The third kappa shape index (κ3) is 6.61. The van der Waals surface area contributed by atoms with Gasteiger partial charge in [0.1, 0.15) is 19.0 Å². The van der Waals surface area contributed by atoms with Gasteiger partial charge in [0.05, 0.1) is 23.3 Å².